The van der Waals surface area contributed by atoms with Crippen molar-refractivity contribution in [3.63, 3.8) is 0 Å². The van der Waals surface area contributed by atoms with Crippen molar-refractivity contribution in [2.24, 2.45) is 4.99 Å². The molecule has 1 saturated heterocycles. The highest BCUT2D eigenvalue weighted by Crippen LogP contribution is 2.35. The van der Waals surface area contributed by atoms with Gasteiger partial charge in [0.05, 0.1) is 23.6 Å². The fourth-order valence-corrected chi connectivity index (χ4v) is 7.38. The molecule has 56 heavy (non-hydrogen) atoms. The second-order valence-electron chi connectivity index (χ2n) is 14.6. The molecule has 1 amide bonds. The molecule has 2 aliphatic rings. The maximum Gasteiger partial charge on any atom is 0.416 e. The van der Waals surface area contributed by atoms with E-state index in [0.29, 0.717) is 48.6 Å². The largest absolute Gasteiger partial charge is 0.465 e. The molecule has 0 aliphatic carbocycles. The molecule has 0 radical (unpaired) electrons. The second kappa shape index (κ2) is 16.8. The highest BCUT2D eigenvalue weighted by molar-refractivity contribution is 6.09. The first kappa shape index (κ1) is 40.3. The van der Waals surface area contributed by atoms with Crippen LogP contribution in [0, 0.1) is 11.6 Å². The van der Waals surface area contributed by atoms with Crippen LogP contribution in [0.4, 0.5) is 27.6 Å². The number of amides is 1. The summed E-state index contributed by atoms with van der Waals surface area (Å²) < 4.78 is 73.2. The summed E-state index contributed by atoms with van der Waals surface area (Å²) in [6.45, 7) is 11.2. The van der Waals surface area contributed by atoms with Crippen molar-refractivity contribution >= 4 is 29.1 Å². The zero-order chi connectivity index (χ0) is 40.2. The number of hydrogen-bond donors (Lipinski definition) is 0. The van der Waals surface area contributed by atoms with Crippen molar-refractivity contribution in [2.75, 3.05) is 31.1 Å². The highest BCUT2D eigenvalue weighted by atomic mass is 19.4. The monoisotopic (exact) mass is 772 g/mol. The van der Waals surface area contributed by atoms with Crippen molar-refractivity contribution < 1.29 is 36.3 Å². The second-order valence-corrected chi connectivity index (χ2v) is 14.6. The SMILES string of the molecule is C=C1N=C(CCc2ccc(F)cc2F)N(CC(=O)N(Cc2ccc(-c3ccc(C(F)(F)F)cc3)cc2)C2CCN(C(C)(C)C(=O)OCC)CC2)c2ccccc21. The van der Waals surface area contributed by atoms with E-state index in [1.165, 1.54) is 24.3 Å². The van der Waals surface area contributed by atoms with Crippen LogP contribution in [0.15, 0.2) is 103 Å². The number of alkyl halides is 3. The lowest BCUT2D eigenvalue weighted by molar-refractivity contribution is -0.157. The van der Waals surface area contributed by atoms with Gasteiger partial charge in [-0.2, -0.15) is 13.2 Å². The first-order chi connectivity index (χ1) is 26.6. The van der Waals surface area contributed by atoms with Crippen LogP contribution in [0.5, 0.6) is 0 Å². The number of para-hydroxylation sites is 1. The number of likely N-dealkylation sites (tertiary alicyclic amines) is 1. The Balaban J connectivity index is 1.27. The number of rotatable bonds is 12. The first-order valence-electron chi connectivity index (χ1n) is 18.7. The number of aliphatic imine (C=N–C) groups is 1. The number of fused-ring (bicyclic) bond motifs is 1. The minimum Gasteiger partial charge on any atom is -0.465 e. The topological polar surface area (TPSA) is 65.5 Å². The van der Waals surface area contributed by atoms with Gasteiger partial charge in [-0.05, 0) is 86.6 Å². The number of amidine groups is 1. The zero-order valence-electron chi connectivity index (χ0n) is 31.7. The fraction of sp³-hybridized carbons (Fsp3) is 0.341. The molecule has 0 N–H and O–H groups in total. The number of aryl methyl sites for hydroxylation is 1. The molecule has 4 aromatic carbocycles. The van der Waals surface area contributed by atoms with Gasteiger partial charge in [-0.15, -0.1) is 0 Å². The molecule has 7 nitrogen and oxygen atoms in total. The normalized spacial score (nSPS) is 15.3. The number of anilines is 1. The van der Waals surface area contributed by atoms with Gasteiger partial charge in [-0.1, -0.05) is 67.2 Å². The molecular formula is C44H45F5N4O3. The quantitative estimate of drug-likeness (QED) is 0.106. The third-order valence-electron chi connectivity index (χ3n) is 10.7. The van der Waals surface area contributed by atoms with Crippen LogP contribution in [0.3, 0.4) is 0 Å². The average Bonchev–Trinajstić information content (AvgIpc) is 3.18. The van der Waals surface area contributed by atoms with Crippen LogP contribution in [0.2, 0.25) is 0 Å². The van der Waals surface area contributed by atoms with Gasteiger partial charge in [-0.3, -0.25) is 14.5 Å². The zero-order valence-corrected chi connectivity index (χ0v) is 31.7. The van der Waals surface area contributed by atoms with E-state index in [1.807, 2.05) is 72.2 Å². The van der Waals surface area contributed by atoms with Crippen LogP contribution in [0.1, 0.15) is 62.3 Å². The van der Waals surface area contributed by atoms with Gasteiger partial charge in [0.1, 0.15) is 29.6 Å². The standard InChI is InChI=1S/C44H45F5N4O3/c1-5-56-42(55)43(3,4)51-24-22-36(23-25-51)52(27-30-10-12-31(13-11-30)32-14-18-34(19-15-32)44(47,48)49)41(54)28-53-39-9-7-6-8-37(39)29(2)50-40(53)21-17-33-16-20-35(45)26-38(33)46/h6-16,18-20,26,36H,2,5,17,21-25,27-28H2,1,3-4H3. The summed E-state index contributed by atoms with van der Waals surface area (Å²) in [5, 5.41) is 0. The maximum atomic E-state index is 14.7. The summed E-state index contributed by atoms with van der Waals surface area (Å²) in [6, 6.07) is 23.2. The molecule has 0 bridgehead atoms. The lowest BCUT2D eigenvalue weighted by atomic mass is 9.95. The summed E-state index contributed by atoms with van der Waals surface area (Å²) in [6.07, 6.45) is -2.77. The number of halogens is 5. The molecule has 2 aliphatic heterocycles. The number of ether oxygens (including phenoxy) is 1. The van der Waals surface area contributed by atoms with Crippen LogP contribution in [-0.4, -0.2) is 65.3 Å². The summed E-state index contributed by atoms with van der Waals surface area (Å²) in [5.74, 6) is -1.28. The van der Waals surface area contributed by atoms with E-state index in [1.54, 1.807) is 6.92 Å². The molecule has 4 aromatic rings. The van der Waals surface area contributed by atoms with E-state index in [4.69, 9.17) is 9.73 Å². The lowest BCUT2D eigenvalue weighted by Gasteiger charge is -2.44. The molecular weight excluding hydrogens is 727 g/mol. The molecule has 2 heterocycles. The average molecular weight is 773 g/mol. The van der Waals surface area contributed by atoms with Crippen molar-refractivity contribution in [1.29, 1.82) is 0 Å². The molecule has 294 valence electrons. The van der Waals surface area contributed by atoms with Crippen molar-refractivity contribution in [3.05, 3.63) is 131 Å². The van der Waals surface area contributed by atoms with Gasteiger partial charge in [0, 0.05) is 43.7 Å². The van der Waals surface area contributed by atoms with Gasteiger partial charge in [0.2, 0.25) is 5.91 Å². The first-order valence-corrected chi connectivity index (χ1v) is 18.7. The number of carbonyl (C=O) groups excluding carboxylic acids is 2. The number of esters is 1. The van der Waals surface area contributed by atoms with Crippen LogP contribution < -0.4 is 4.90 Å². The molecule has 1 fully saturated rings. The number of nitrogens with zero attached hydrogens (tertiary/aromatic N) is 4. The predicted octanol–water partition coefficient (Wildman–Crippen LogP) is 9.31. The summed E-state index contributed by atoms with van der Waals surface area (Å²) in [7, 11) is 0. The fourth-order valence-electron chi connectivity index (χ4n) is 7.38. The number of carbonyl (C=O) groups is 2. The van der Waals surface area contributed by atoms with Crippen LogP contribution >= 0.6 is 0 Å². The van der Waals surface area contributed by atoms with E-state index in [2.05, 4.69) is 11.5 Å². The molecule has 6 rings (SSSR count). The Labute approximate surface area is 324 Å². The van der Waals surface area contributed by atoms with Crippen LogP contribution in [-0.2, 0) is 33.5 Å². The predicted molar refractivity (Wildman–Crippen MR) is 208 cm³/mol. The third-order valence-corrected chi connectivity index (χ3v) is 10.7. The summed E-state index contributed by atoms with van der Waals surface area (Å²) in [5.41, 5.74) is 2.96. The Morgan fingerprint density at radius 2 is 1.54 bits per heavy atom. The Hall–Kier alpha value is -5.36. The minimum atomic E-state index is -4.43. The number of piperidine rings is 1. The molecule has 0 aromatic heterocycles. The van der Waals surface area contributed by atoms with Crippen molar-refractivity contribution in [2.45, 2.75) is 70.8 Å². The van der Waals surface area contributed by atoms with Gasteiger partial charge >= 0.3 is 12.1 Å². The molecule has 0 saturated carbocycles. The highest BCUT2D eigenvalue weighted by Gasteiger charge is 2.40. The number of hydrogen-bond acceptors (Lipinski definition) is 6. The van der Waals surface area contributed by atoms with Crippen LogP contribution in [0.25, 0.3) is 16.8 Å². The van der Waals surface area contributed by atoms with E-state index in [0.717, 1.165) is 40.6 Å². The summed E-state index contributed by atoms with van der Waals surface area (Å²) >= 11 is 0. The Kier molecular flexibility index (Phi) is 12.1. The maximum absolute atomic E-state index is 14.7. The van der Waals surface area contributed by atoms with Gasteiger partial charge in [0.15, 0.2) is 0 Å². The van der Waals surface area contributed by atoms with Gasteiger partial charge < -0.3 is 14.5 Å². The van der Waals surface area contributed by atoms with E-state index in [-0.39, 0.29) is 50.5 Å². The Morgan fingerprint density at radius 1 is 0.893 bits per heavy atom. The molecule has 0 atom stereocenters. The van der Waals surface area contributed by atoms with Crippen molar-refractivity contribution in [1.82, 2.24) is 9.80 Å². The lowest BCUT2D eigenvalue weighted by Crippen LogP contribution is -2.57. The minimum absolute atomic E-state index is 0.0762. The van der Waals surface area contributed by atoms with E-state index in [9.17, 15) is 31.5 Å². The molecule has 0 unspecified atom stereocenters. The number of benzene rings is 4. The van der Waals surface area contributed by atoms with Gasteiger partial charge in [-0.25, -0.2) is 13.8 Å². The summed E-state index contributed by atoms with van der Waals surface area (Å²) in [4.78, 5) is 38.1. The Bertz CT molecular complexity index is 2090. The molecule has 12 heteroatoms. The van der Waals surface area contributed by atoms with E-state index >= 15 is 0 Å². The van der Waals surface area contributed by atoms with Crippen molar-refractivity contribution in [3.8, 4) is 11.1 Å². The molecule has 0 spiro atoms. The van der Waals surface area contributed by atoms with E-state index < -0.39 is 28.9 Å². The van der Waals surface area contributed by atoms with Gasteiger partial charge in [0.25, 0.3) is 0 Å². The smallest absolute Gasteiger partial charge is 0.416 e. The Morgan fingerprint density at radius 3 is 2.16 bits per heavy atom. The third kappa shape index (κ3) is 9.02.